The quantitative estimate of drug-likeness (QED) is 0.751. The van der Waals surface area contributed by atoms with E-state index in [0.717, 1.165) is 0 Å². The molecule has 1 N–H and O–H groups in total. The van der Waals surface area contributed by atoms with Crippen LogP contribution in [0, 0.1) is 0 Å². The normalized spacial score (nSPS) is 10.2. The average molecular weight is 190 g/mol. The Morgan fingerprint density at radius 3 is 2.83 bits per heavy atom. The van der Waals surface area contributed by atoms with Crippen LogP contribution < -0.4 is 0 Å². The summed E-state index contributed by atoms with van der Waals surface area (Å²) in [6, 6.07) is 0. The lowest BCUT2D eigenvalue weighted by atomic mass is 10.3. The monoisotopic (exact) mass is 189 g/mol. The van der Waals surface area contributed by atoms with Crippen molar-refractivity contribution in [1.29, 1.82) is 0 Å². The lowest BCUT2D eigenvalue weighted by molar-refractivity contribution is -0.137. The van der Waals surface area contributed by atoms with E-state index in [-0.39, 0.29) is 11.7 Å². The molecular formula is C6H8ClN3O2. The van der Waals surface area contributed by atoms with Gasteiger partial charge in [-0.2, -0.15) is 0 Å². The van der Waals surface area contributed by atoms with Crippen molar-refractivity contribution in [3.05, 3.63) is 11.1 Å². The van der Waals surface area contributed by atoms with E-state index >= 15 is 0 Å². The van der Waals surface area contributed by atoms with Crippen LogP contribution in [0.3, 0.4) is 0 Å². The molecule has 0 aromatic carbocycles. The van der Waals surface area contributed by atoms with Gasteiger partial charge in [-0.25, -0.2) is 4.98 Å². The number of hydrogen-bond donors (Lipinski definition) is 1. The van der Waals surface area contributed by atoms with E-state index < -0.39 is 5.97 Å². The lowest BCUT2D eigenvalue weighted by Gasteiger charge is -1.94. The minimum absolute atomic E-state index is 0.0445. The van der Waals surface area contributed by atoms with E-state index in [1.807, 2.05) is 0 Å². The summed E-state index contributed by atoms with van der Waals surface area (Å²) in [7, 11) is 1.68. The fourth-order valence-corrected chi connectivity index (χ4v) is 1.03. The Morgan fingerprint density at radius 2 is 2.42 bits per heavy atom. The third-order valence-electron chi connectivity index (χ3n) is 1.39. The summed E-state index contributed by atoms with van der Waals surface area (Å²) in [5, 5.41) is 12.3. The van der Waals surface area contributed by atoms with Gasteiger partial charge in [-0.05, 0) is 11.6 Å². The highest BCUT2D eigenvalue weighted by Crippen LogP contribution is 2.04. The number of halogens is 1. The molecule has 0 aliphatic heterocycles. The topological polar surface area (TPSA) is 68.0 Å². The molecule has 1 rings (SSSR count). The zero-order chi connectivity index (χ0) is 9.14. The Morgan fingerprint density at radius 1 is 1.75 bits per heavy atom. The van der Waals surface area contributed by atoms with Crippen molar-refractivity contribution >= 4 is 17.6 Å². The average Bonchev–Trinajstić information content (AvgIpc) is 2.26. The SMILES string of the molecule is Cn1nc(Cl)nc1CCC(=O)O. The van der Waals surface area contributed by atoms with E-state index in [9.17, 15) is 4.79 Å². The molecule has 0 bridgehead atoms. The maximum Gasteiger partial charge on any atom is 0.303 e. The van der Waals surface area contributed by atoms with Gasteiger partial charge in [0.05, 0.1) is 6.42 Å². The smallest absolute Gasteiger partial charge is 0.303 e. The van der Waals surface area contributed by atoms with Crippen molar-refractivity contribution < 1.29 is 9.90 Å². The van der Waals surface area contributed by atoms with Gasteiger partial charge in [0.15, 0.2) is 0 Å². The molecule has 0 saturated heterocycles. The molecule has 0 atom stereocenters. The Hall–Kier alpha value is -1.10. The van der Waals surface area contributed by atoms with Crippen LogP contribution in [-0.4, -0.2) is 25.8 Å². The van der Waals surface area contributed by atoms with Crippen molar-refractivity contribution in [2.45, 2.75) is 12.8 Å². The number of aliphatic carboxylic acids is 1. The highest BCUT2D eigenvalue weighted by atomic mass is 35.5. The first-order valence-corrected chi connectivity index (χ1v) is 3.74. The van der Waals surface area contributed by atoms with E-state index in [1.54, 1.807) is 7.05 Å². The summed E-state index contributed by atoms with van der Waals surface area (Å²) < 4.78 is 1.48. The first-order valence-electron chi connectivity index (χ1n) is 3.37. The number of aryl methyl sites for hydroxylation is 2. The number of aromatic nitrogens is 3. The first-order chi connectivity index (χ1) is 5.59. The molecular weight excluding hydrogens is 182 g/mol. The van der Waals surface area contributed by atoms with Crippen molar-refractivity contribution in [3.8, 4) is 0 Å². The summed E-state index contributed by atoms with van der Waals surface area (Å²) in [4.78, 5) is 14.0. The van der Waals surface area contributed by atoms with E-state index in [4.69, 9.17) is 16.7 Å². The molecule has 0 aliphatic carbocycles. The first kappa shape index (κ1) is 8.99. The van der Waals surface area contributed by atoms with Crippen molar-refractivity contribution in [2.24, 2.45) is 7.05 Å². The Bertz CT molecular complexity index is 297. The molecule has 1 aromatic heterocycles. The van der Waals surface area contributed by atoms with Crippen molar-refractivity contribution in [2.75, 3.05) is 0 Å². The maximum absolute atomic E-state index is 10.2. The van der Waals surface area contributed by atoms with E-state index in [2.05, 4.69) is 10.1 Å². The number of nitrogens with zero attached hydrogens (tertiary/aromatic N) is 3. The van der Waals surface area contributed by atoms with Crippen LogP contribution in [0.1, 0.15) is 12.2 Å². The van der Waals surface area contributed by atoms with Gasteiger partial charge in [0.2, 0.25) is 5.28 Å². The zero-order valence-electron chi connectivity index (χ0n) is 6.49. The summed E-state index contributed by atoms with van der Waals surface area (Å²) >= 11 is 5.49. The van der Waals surface area contributed by atoms with Gasteiger partial charge in [-0.3, -0.25) is 9.48 Å². The predicted octanol–water partition coefficient (Wildman–Crippen LogP) is 0.486. The predicted molar refractivity (Wildman–Crippen MR) is 42.0 cm³/mol. The lowest BCUT2D eigenvalue weighted by Crippen LogP contribution is -2.03. The third kappa shape index (κ3) is 2.20. The molecule has 0 unspecified atom stereocenters. The van der Waals surface area contributed by atoms with Gasteiger partial charge in [0, 0.05) is 13.5 Å². The van der Waals surface area contributed by atoms with Gasteiger partial charge in [0.1, 0.15) is 5.82 Å². The Labute approximate surface area is 74.0 Å². The van der Waals surface area contributed by atoms with Crippen LogP contribution in [0.15, 0.2) is 0 Å². The number of carboxylic acids is 1. The second kappa shape index (κ2) is 3.53. The molecule has 0 saturated carbocycles. The van der Waals surface area contributed by atoms with Crippen LogP contribution in [-0.2, 0) is 18.3 Å². The van der Waals surface area contributed by atoms with Crippen molar-refractivity contribution in [3.63, 3.8) is 0 Å². The second-order valence-electron chi connectivity index (χ2n) is 2.31. The number of hydrogen-bond acceptors (Lipinski definition) is 3. The molecule has 1 heterocycles. The molecule has 12 heavy (non-hydrogen) atoms. The molecule has 1 aromatic rings. The number of carboxylic acid groups (broad SMARTS) is 1. The van der Waals surface area contributed by atoms with Crippen LogP contribution in [0.4, 0.5) is 0 Å². The van der Waals surface area contributed by atoms with Crippen LogP contribution in [0.5, 0.6) is 0 Å². The maximum atomic E-state index is 10.2. The summed E-state index contributed by atoms with van der Waals surface area (Å²) in [6.07, 6.45) is 0.397. The van der Waals surface area contributed by atoms with Gasteiger partial charge in [0.25, 0.3) is 0 Å². The third-order valence-corrected chi connectivity index (χ3v) is 1.55. The van der Waals surface area contributed by atoms with Gasteiger partial charge in [-0.1, -0.05) is 0 Å². The molecule has 0 fully saturated rings. The van der Waals surface area contributed by atoms with Gasteiger partial charge >= 0.3 is 5.97 Å². The molecule has 6 heteroatoms. The largest absolute Gasteiger partial charge is 0.481 e. The second-order valence-corrected chi connectivity index (χ2v) is 2.65. The number of rotatable bonds is 3. The van der Waals surface area contributed by atoms with Crippen LogP contribution in [0.2, 0.25) is 5.28 Å². The summed E-state index contributed by atoms with van der Waals surface area (Å²) in [5.74, 6) is -0.267. The molecule has 0 amide bonds. The minimum Gasteiger partial charge on any atom is -0.481 e. The Kier molecular flexibility index (Phi) is 2.65. The standard InChI is InChI=1S/C6H8ClN3O2/c1-10-4(2-3-5(11)12)8-6(7)9-10/h2-3H2,1H3,(H,11,12). The van der Waals surface area contributed by atoms with E-state index in [0.29, 0.717) is 12.2 Å². The fraction of sp³-hybridized carbons (Fsp3) is 0.500. The van der Waals surface area contributed by atoms with Gasteiger partial charge in [-0.15, -0.1) is 5.10 Å². The molecule has 0 radical (unpaired) electrons. The Balaban J connectivity index is 2.62. The van der Waals surface area contributed by atoms with Gasteiger partial charge < -0.3 is 5.11 Å². The highest BCUT2D eigenvalue weighted by Gasteiger charge is 2.06. The number of carbonyl (C=O) groups is 1. The fourth-order valence-electron chi connectivity index (χ4n) is 0.819. The molecule has 66 valence electrons. The van der Waals surface area contributed by atoms with Crippen molar-refractivity contribution in [1.82, 2.24) is 14.8 Å². The zero-order valence-corrected chi connectivity index (χ0v) is 7.25. The molecule has 5 nitrogen and oxygen atoms in total. The summed E-state index contributed by atoms with van der Waals surface area (Å²) in [6.45, 7) is 0. The molecule has 0 spiro atoms. The summed E-state index contributed by atoms with van der Waals surface area (Å²) in [5.41, 5.74) is 0. The highest BCUT2D eigenvalue weighted by molar-refractivity contribution is 6.28. The minimum atomic E-state index is -0.853. The van der Waals surface area contributed by atoms with Crippen LogP contribution in [0.25, 0.3) is 0 Å². The van der Waals surface area contributed by atoms with Crippen LogP contribution >= 0.6 is 11.6 Å². The van der Waals surface area contributed by atoms with E-state index in [1.165, 1.54) is 4.68 Å². The molecule has 0 aliphatic rings.